The number of hydrogen-bond acceptors (Lipinski definition) is 3. The number of halogens is 1. The van der Waals surface area contributed by atoms with E-state index in [9.17, 15) is 14.3 Å². The van der Waals surface area contributed by atoms with Crippen molar-refractivity contribution >= 4 is 5.91 Å². The van der Waals surface area contributed by atoms with Gasteiger partial charge in [-0.1, -0.05) is 0 Å². The van der Waals surface area contributed by atoms with Crippen LogP contribution < -0.4 is 10.1 Å². The van der Waals surface area contributed by atoms with E-state index in [0.29, 0.717) is 29.8 Å². The molecule has 1 saturated carbocycles. The summed E-state index contributed by atoms with van der Waals surface area (Å²) in [6.07, 6.45) is 2.43. The molecule has 0 spiro atoms. The number of aliphatic hydroxyl groups is 1. The van der Waals surface area contributed by atoms with Gasteiger partial charge >= 0.3 is 0 Å². The van der Waals surface area contributed by atoms with Crippen molar-refractivity contribution in [2.24, 2.45) is 5.92 Å². The summed E-state index contributed by atoms with van der Waals surface area (Å²) in [6.45, 7) is 0. The van der Waals surface area contributed by atoms with E-state index in [4.69, 9.17) is 4.74 Å². The Labute approximate surface area is 133 Å². The first kappa shape index (κ1) is 15.6. The highest BCUT2D eigenvalue weighted by Crippen LogP contribution is 2.41. The van der Waals surface area contributed by atoms with Crippen LogP contribution in [0.1, 0.15) is 34.9 Å². The monoisotopic (exact) mass is 318 g/mol. The van der Waals surface area contributed by atoms with Crippen LogP contribution in [0.15, 0.2) is 36.5 Å². The standard InChI is InChI=1S/C17H19FN2O3/c1-23-15-5-4-11(18)9-13(15)16(10-7-12(21)8-10)20-17(22)14-3-2-6-19-14/h2-6,9-10,12,16,19,21H,7-8H2,1H3,(H,20,22)/t10?,12?,16-/m1/s1. The van der Waals surface area contributed by atoms with Crippen LogP contribution in [0.5, 0.6) is 5.75 Å². The average molecular weight is 318 g/mol. The molecule has 122 valence electrons. The van der Waals surface area contributed by atoms with Crippen molar-refractivity contribution in [2.45, 2.75) is 25.0 Å². The Morgan fingerprint density at radius 2 is 2.22 bits per heavy atom. The second-order valence-electron chi connectivity index (χ2n) is 5.81. The van der Waals surface area contributed by atoms with Crippen LogP contribution in [-0.2, 0) is 0 Å². The Balaban J connectivity index is 1.90. The van der Waals surface area contributed by atoms with Crippen LogP contribution in [0.2, 0.25) is 0 Å². The van der Waals surface area contributed by atoms with Gasteiger partial charge in [-0.05, 0) is 49.1 Å². The smallest absolute Gasteiger partial charge is 0.268 e. The fourth-order valence-corrected chi connectivity index (χ4v) is 2.99. The van der Waals surface area contributed by atoms with Crippen molar-refractivity contribution in [3.63, 3.8) is 0 Å². The molecule has 23 heavy (non-hydrogen) atoms. The molecule has 1 heterocycles. The lowest BCUT2D eigenvalue weighted by atomic mass is 9.74. The molecule has 1 atom stereocenters. The number of aromatic amines is 1. The molecule has 0 unspecified atom stereocenters. The lowest BCUT2D eigenvalue weighted by Crippen LogP contribution is -2.41. The molecule has 0 radical (unpaired) electrons. The van der Waals surface area contributed by atoms with Gasteiger partial charge in [0.05, 0.1) is 19.3 Å². The summed E-state index contributed by atoms with van der Waals surface area (Å²) in [5.41, 5.74) is 1.02. The lowest BCUT2D eigenvalue weighted by Gasteiger charge is -2.38. The minimum Gasteiger partial charge on any atom is -0.496 e. The summed E-state index contributed by atoms with van der Waals surface area (Å²) in [6, 6.07) is 7.24. The topological polar surface area (TPSA) is 74.3 Å². The Morgan fingerprint density at radius 1 is 1.43 bits per heavy atom. The van der Waals surface area contributed by atoms with Crippen molar-refractivity contribution in [2.75, 3.05) is 7.11 Å². The highest BCUT2D eigenvalue weighted by Gasteiger charge is 2.37. The third-order valence-corrected chi connectivity index (χ3v) is 4.28. The fourth-order valence-electron chi connectivity index (χ4n) is 2.99. The van der Waals surface area contributed by atoms with Gasteiger partial charge in [0.25, 0.3) is 5.91 Å². The van der Waals surface area contributed by atoms with Gasteiger partial charge in [0.15, 0.2) is 0 Å². The van der Waals surface area contributed by atoms with Crippen molar-refractivity contribution in [3.8, 4) is 5.75 Å². The maximum atomic E-state index is 13.7. The highest BCUT2D eigenvalue weighted by atomic mass is 19.1. The molecule has 3 rings (SSSR count). The molecular formula is C17H19FN2O3. The summed E-state index contributed by atoms with van der Waals surface area (Å²) >= 11 is 0. The van der Waals surface area contributed by atoms with Crippen LogP contribution >= 0.6 is 0 Å². The summed E-state index contributed by atoms with van der Waals surface area (Å²) in [5.74, 6) is -0.100. The second kappa shape index (κ2) is 6.42. The van der Waals surface area contributed by atoms with Gasteiger partial charge in [-0.3, -0.25) is 4.79 Å². The number of carbonyl (C=O) groups excluding carboxylic acids is 1. The summed E-state index contributed by atoms with van der Waals surface area (Å²) in [7, 11) is 1.51. The minimum atomic E-state index is -0.417. The van der Waals surface area contributed by atoms with Gasteiger partial charge in [-0.2, -0.15) is 0 Å². The van der Waals surface area contributed by atoms with Crippen molar-refractivity contribution < 1.29 is 19.0 Å². The van der Waals surface area contributed by atoms with Crippen molar-refractivity contribution in [1.29, 1.82) is 0 Å². The van der Waals surface area contributed by atoms with Crippen LogP contribution in [0.25, 0.3) is 0 Å². The first-order valence-electron chi connectivity index (χ1n) is 7.54. The number of hydrogen-bond donors (Lipinski definition) is 3. The van der Waals surface area contributed by atoms with Gasteiger partial charge in [0.1, 0.15) is 17.3 Å². The third kappa shape index (κ3) is 3.22. The number of H-pyrrole nitrogens is 1. The number of methoxy groups -OCH3 is 1. The van der Waals surface area contributed by atoms with E-state index in [1.54, 1.807) is 24.4 Å². The van der Waals surface area contributed by atoms with E-state index in [2.05, 4.69) is 10.3 Å². The van der Waals surface area contributed by atoms with Gasteiger partial charge in [0, 0.05) is 11.8 Å². The highest BCUT2D eigenvalue weighted by molar-refractivity contribution is 5.92. The van der Waals surface area contributed by atoms with Crippen LogP contribution in [0.4, 0.5) is 4.39 Å². The molecule has 1 aliphatic carbocycles. The lowest BCUT2D eigenvalue weighted by molar-refractivity contribution is 0.0230. The normalized spacial score (nSPS) is 21.3. The average Bonchev–Trinajstić information content (AvgIpc) is 3.04. The maximum absolute atomic E-state index is 13.7. The number of nitrogens with one attached hydrogen (secondary N) is 2. The van der Waals surface area contributed by atoms with Gasteiger partial charge < -0.3 is 20.1 Å². The molecule has 1 aromatic heterocycles. The van der Waals surface area contributed by atoms with Crippen molar-refractivity contribution in [1.82, 2.24) is 10.3 Å². The first-order valence-corrected chi connectivity index (χ1v) is 7.54. The number of rotatable bonds is 5. The minimum absolute atomic E-state index is 0.0413. The number of aromatic nitrogens is 1. The number of ether oxygens (including phenoxy) is 1. The number of amides is 1. The summed E-state index contributed by atoms with van der Waals surface area (Å²) < 4.78 is 19.0. The van der Waals surface area contributed by atoms with E-state index in [1.807, 2.05) is 0 Å². The number of aliphatic hydroxyl groups excluding tert-OH is 1. The van der Waals surface area contributed by atoms with Crippen molar-refractivity contribution in [3.05, 3.63) is 53.6 Å². The summed E-state index contributed by atoms with van der Waals surface area (Å²) in [4.78, 5) is 15.2. The predicted octanol–water partition coefficient (Wildman–Crippen LogP) is 2.40. The SMILES string of the molecule is COc1ccc(F)cc1[C@H](NC(=O)c1ccc[nH]1)C1CC(O)C1. The zero-order chi connectivity index (χ0) is 16.4. The van der Waals surface area contributed by atoms with Gasteiger partial charge in [-0.15, -0.1) is 0 Å². The Bertz CT molecular complexity index is 681. The van der Waals surface area contributed by atoms with Gasteiger partial charge in [-0.25, -0.2) is 4.39 Å². The largest absolute Gasteiger partial charge is 0.496 e. The maximum Gasteiger partial charge on any atom is 0.268 e. The predicted molar refractivity (Wildman–Crippen MR) is 82.7 cm³/mol. The van der Waals surface area contributed by atoms with E-state index in [0.717, 1.165) is 0 Å². The molecule has 0 aliphatic heterocycles. The van der Waals surface area contributed by atoms with E-state index < -0.39 is 6.04 Å². The molecule has 1 fully saturated rings. The quantitative estimate of drug-likeness (QED) is 0.792. The second-order valence-corrected chi connectivity index (χ2v) is 5.81. The van der Waals surface area contributed by atoms with Crippen LogP contribution in [0, 0.1) is 11.7 Å². The fraction of sp³-hybridized carbons (Fsp3) is 0.353. The zero-order valence-electron chi connectivity index (χ0n) is 12.8. The Hall–Kier alpha value is -2.34. The van der Waals surface area contributed by atoms with E-state index >= 15 is 0 Å². The molecule has 3 N–H and O–H groups in total. The molecule has 6 heteroatoms. The van der Waals surface area contributed by atoms with Crippen LogP contribution in [-0.4, -0.2) is 29.2 Å². The van der Waals surface area contributed by atoms with E-state index in [-0.39, 0.29) is 23.7 Å². The summed E-state index contributed by atoms with van der Waals surface area (Å²) in [5, 5.41) is 12.5. The Morgan fingerprint density at radius 3 is 2.83 bits per heavy atom. The molecule has 1 aromatic carbocycles. The molecule has 0 bridgehead atoms. The first-order chi connectivity index (χ1) is 11.1. The molecule has 2 aromatic rings. The molecule has 5 nitrogen and oxygen atoms in total. The molecule has 0 saturated heterocycles. The Kier molecular flexibility index (Phi) is 4.34. The van der Waals surface area contributed by atoms with E-state index in [1.165, 1.54) is 19.2 Å². The molecular weight excluding hydrogens is 299 g/mol. The zero-order valence-corrected chi connectivity index (χ0v) is 12.8. The van der Waals surface area contributed by atoms with Gasteiger partial charge in [0.2, 0.25) is 0 Å². The number of carbonyl (C=O) groups is 1. The van der Waals surface area contributed by atoms with Crippen LogP contribution in [0.3, 0.4) is 0 Å². The molecule has 1 amide bonds. The third-order valence-electron chi connectivity index (χ3n) is 4.28. The number of benzene rings is 1. The molecule has 1 aliphatic rings.